The zero-order valence-electron chi connectivity index (χ0n) is 12.0. The Morgan fingerprint density at radius 1 is 1.06 bits per heavy atom. The predicted octanol–water partition coefficient (Wildman–Crippen LogP) is 2.89. The molecule has 0 bridgehead atoms. The quantitative estimate of drug-likeness (QED) is 0.813. The Balaban J connectivity index is 1.72. The first kappa shape index (κ1) is 13.4. The van der Waals surface area contributed by atoms with Crippen LogP contribution in [0.2, 0.25) is 0 Å². The highest BCUT2D eigenvalue weighted by Gasteiger charge is 2.32. The van der Waals surface area contributed by atoms with Gasteiger partial charge in [-0.3, -0.25) is 0 Å². The number of nitrogens with zero attached hydrogens (tertiary/aromatic N) is 1. The van der Waals surface area contributed by atoms with Crippen LogP contribution < -0.4 is 5.32 Å². The summed E-state index contributed by atoms with van der Waals surface area (Å²) in [5, 5.41) is 3.46. The average molecular weight is 238 g/mol. The van der Waals surface area contributed by atoms with Crippen LogP contribution in [0, 0.1) is 11.8 Å². The minimum absolute atomic E-state index is 0.428. The van der Waals surface area contributed by atoms with E-state index in [0.717, 1.165) is 11.8 Å². The topological polar surface area (TPSA) is 15.3 Å². The van der Waals surface area contributed by atoms with Crippen molar-refractivity contribution < 1.29 is 0 Å². The van der Waals surface area contributed by atoms with Gasteiger partial charge in [-0.05, 0) is 78.0 Å². The second-order valence-electron chi connectivity index (χ2n) is 6.86. The molecule has 100 valence electrons. The Labute approximate surface area is 107 Å². The molecular formula is C15H30N2. The van der Waals surface area contributed by atoms with Gasteiger partial charge in [0, 0.05) is 5.54 Å². The van der Waals surface area contributed by atoms with Gasteiger partial charge in [0.05, 0.1) is 0 Å². The van der Waals surface area contributed by atoms with Gasteiger partial charge in [0.15, 0.2) is 0 Å². The Morgan fingerprint density at radius 2 is 1.71 bits per heavy atom. The van der Waals surface area contributed by atoms with Gasteiger partial charge in [-0.15, -0.1) is 0 Å². The maximum atomic E-state index is 3.46. The van der Waals surface area contributed by atoms with E-state index in [2.05, 4.69) is 31.1 Å². The van der Waals surface area contributed by atoms with E-state index in [0.29, 0.717) is 5.54 Å². The van der Waals surface area contributed by atoms with E-state index in [1.165, 1.54) is 58.2 Å². The molecule has 1 unspecified atom stereocenters. The number of rotatable bonds is 3. The van der Waals surface area contributed by atoms with Crippen LogP contribution >= 0.6 is 0 Å². The van der Waals surface area contributed by atoms with Crippen LogP contribution in [0.3, 0.4) is 0 Å². The van der Waals surface area contributed by atoms with E-state index < -0.39 is 0 Å². The van der Waals surface area contributed by atoms with Crippen molar-refractivity contribution in [3.63, 3.8) is 0 Å². The van der Waals surface area contributed by atoms with Crippen LogP contribution in [-0.2, 0) is 0 Å². The fraction of sp³-hybridized carbons (Fsp3) is 1.00. The summed E-state index contributed by atoms with van der Waals surface area (Å²) in [5.41, 5.74) is 0.428. The number of hydrogen-bond donors (Lipinski definition) is 1. The van der Waals surface area contributed by atoms with Crippen LogP contribution in [0.1, 0.15) is 52.4 Å². The van der Waals surface area contributed by atoms with Crippen LogP contribution in [0.25, 0.3) is 0 Å². The van der Waals surface area contributed by atoms with Crippen molar-refractivity contribution in [2.45, 2.75) is 57.9 Å². The molecule has 1 N–H and O–H groups in total. The first-order chi connectivity index (χ1) is 8.08. The third-order valence-electron chi connectivity index (χ3n) is 5.14. The van der Waals surface area contributed by atoms with E-state index in [4.69, 9.17) is 0 Å². The fourth-order valence-corrected chi connectivity index (χ4v) is 3.53. The zero-order chi connectivity index (χ0) is 12.3. The van der Waals surface area contributed by atoms with Crippen molar-refractivity contribution in [1.29, 1.82) is 0 Å². The predicted molar refractivity (Wildman–Crippen MR) is 74.3 cm³/mol. The molecule has 0 amide bonds. The molecule has 0 saturated carbocycles. The summed E-state index contributed by atoms with van der Waals surface area (Å²) in [5.74, 6) is 2.00. The summed E-state index contributed by atoms with van der Waals surface area (Å²) in [7, 11) is 2.28. The fourth-order valence-electron chi connectivity index (χ4n) is 3.53. The molecule has 0 aromatic carbocycles. The van der Waals surface area contributed by atoms with Crippen LogP contribution in [-0.4, -0.2) is 37.1 Å². The third-order valence-corrected chi connectivity index (χ3v) is 5.14. The molecule has 2 rings (SSSR count). The van der Waals surface area contributed by atoms with Crippen molar-refractivity contribution >= 4 is 0 Å². The van der Waals surface area contributed by atoms with Crippen molar-refractivity contribution in [1.82, 2.24) is 10.2 Å². The average Bonchev–Trinajstić information content (AvgIpc) is 2.32. The standard InChI is InChI=1S/C15H30N2/c1-15(2)12-14(8-11-17(15)3)5-4-13-6-9-16-10-7-13/h13-14,16H,4-12H2,1-3H3. The number of likely N-dealkylation sites (tertiary alicyclic amines) is 1. The lowest BCUT2D eigenvalue weighted by atomic mass is 9.79. The van der Waals surface area contributed by atoms with E-state index >= 15 is 0 Å². The molecule has 0 aliphatic carbocycles. The maximum Gasteiger partial charge on any atom is 0.0152 e. The molecule has 2 heterocycles. The highest BCUT2D eigenvalue weighted by atomic mass is 15.2. The Morgan fingerprint density at radius 3 is 2.35 bits per heavy atom. The molecule has 2 heteroatoms. The summed E-state index contributed by atoms with van der Waals surface area (Å²) >= 11 is 0. The lowest BCUT2D eigenvalue weighted by molar-refractivity contribution is 0.0662. The van der Waals surface area contributed by atoms with Crippen molar-refractivity contribution in [3.8, 4) is 0 Å². The molecule has 2 aliphatic heterocycles. The molecule has 2 aliphatic rings. The minimum Gasteiger partial charge on any atom is -0.317 e. The maximum absolute atomic E-state index is 3.46. The Bertz CT molecular complexity index is 231. The van der Waals surface area contributed by atoms with Crippen molar-refractivity contribution in [3.05, 3.63) is 0 Å². The lowest BCUT2D eigenvalue weighted by Gasteiger charge is -2.44. The molecule has 0 aromatic rings. The van der Waals surface area contributed by atoms with Gasteiger partial charge < -0.3 is 10.2 Å². The minimum atomic E-state index is 0.428. The Kier molecular flexibility index (Phi) is 4.48. The van der Waals surface area contributed by atoms with Crippen LogP contribution in [0.5, 0.6) is 0 Å². The van der Waals surface area contributed by atoms with Gasteiger partial charge in [0.1, 0.15) is 0 Å². The number of piperidine rings is 2. The summed E-state index contributed by atoms with van der Waals surface area (Å²) in [4.78, 5) is 2.54. The van der Waals surface area contributed by atoms with Crippen molar-refractivity contribution in [2.75, 3.05) is 26.7 Å². The van der Waals surface area contributed by atoms with Crippen LogP contribution in [0.15, 0.2) is 0 Å². The molecule has 2 fully saturated rings. The van der Waals surface area contributed by atoms with Gasteiger partial charge >= 0.3 is 0 Å². The van der Waals surface area contributed by atoms with Crippen molar-refractivity contribution in [2.24, 2.45) is 11.8 Å². The molecule has 2 nitrogen and oxygen atoms in total. The molecule has 17 heavy (non-hydrogen) atoms. The van der Waals surface area contributed by atoms with E-state index in [1.807, 2.05) is 0 Å². The largest absolute Gasteiger partial charge is 0.317 e. The summed E-state index contributed by atoms with van der Waals surface area (Å²) in [6, 6.07) is 0. The molecule has 0 radical (unpaired) electrons. The summed E-state index contributed by atoms with van der Waals surface area (Å²) < 4.78 is 0. The van der Waals surface area contributed by atoms with E-state index in [9.17, 15) is 0 Å². The first-order valence-corrected chi connectivity index (χ1v) is 7.50. The summed E-state index contributed by atoms with van der Waals surface area (Å²) in [6.07, 6.45) is 8.60. The highest BCUT2D eigenvalue weighted by molar-refractivity contribution is 4.87. The Hall–Kier alpha value is -0.0800. The van der Waals surface area contributed by atoms with Gasteiger partial charge in [0.2, 0.25) is 0 Å². The SMILES string of the molecule is CN1CCC(CCC2CCNCC2)CC1(C)C. The third kappa shape index (κ3) is 3.69. The van der Waals surface area contributed by atoms with Gasteiger partial charge in [-0.2, -0.15) is 0 Å². The lowest BCUT2D eigenvalue weighted by Crippen LogP contribution is -2.47. The van der Waals surface area contributed by atoms with Gasteiger partial charge in [-0.1, -0.05) is 12.8 Å². The van der Waals surface area contributed by atoms with E-state index in [-0.39, 0.29) is 0 Å². The van der Waals surface area contributed by atoms with Crippen LogP contribution in [0.4, 0.5) is 0 Å². The summed E-state index contributed by atoms with van der Waals surface area (Å²) in [6.45, 7) is 8.62. The number of nitrogens with one attached hydrogen (secondary N) is 1. The number of hydrogen-bond acceptors (Lipinski definition) is 2. The molecular weight excluding hydrogens is 208 g/mol. The van der Waals surface area contributed by atoms with Gasteiger partial charge in [0.25, 0.3) is 0 Å². The smallest absolute Gasteiger partial charge is 0.0152 e. The van der Waals surface area contributed by atoms with Gasteiger partial charge in [-0.25, -0.2) is 0 Å². The second kappa shape index (κ2) is 5.71. The van der Waals surface area contributed by atoms with E-state index in [1.54, 1.807) is 0 Å². The normalized spacial score (nSPS) is 31.6. The monoisotopic (exact) mass is 238 g/mol. The molecule has 0 spiro atoms. The zero-order valence-corrected chi connectivity index (χ0v) is 12.0. The highest BCUT2D eigenvalue weighted by Crippen LogP contribution is 2.34. The molecule has 1 atom stereocenters. The molecule has 0 aromatic heterocycles. The first-order valence-electron chi connectivity index (χ1n) is 7.50. The molecule has 2 saturated heterocycles. The second-order valence-corrected chi connectivity index (χ2v) is 6.86.